The largest absolute Gasteiger partial charge is 0.497 e. The molecular formula is C26H20N2O5. The molecule has 4 atom stereocenters. The summed E-state index contributed by atoms with van der Waals surface area (Å²) in [5, 5.41) is 0. The van der Waals surface area contributed by atoms with E-state index < -0.39 is 23.9 Å². The van der Waals surface area contributed by atoms with Crippen LogP contribution in [-0.4, -0.2) is 35.6 Å². The van der Waals surface area contributed by atoms with Crippen molar-refractivity contribution in [2.24, 2.45) is 11.8 Å². The summed E-state index contributed by atoms with van der Waals surface area (Å²) in [7, 11) is 1.55. The van der Waals surface area contributed by atoms with Gasteiger partial charge in [0.2, 0.25) is 17.6 Å². The molecule has 2 saturated heterocycles. The zero-order chi connectivity index (χ0) is 22.7. The molecule has 4 unspecified atom stereocenters. The van der Waals surface area contributed by atoms with E-state index in [-0.39, 0.29) is 23.4 Å². The minimum atomic E-state index is -0.838. The lowest BCUT2D eigenvalue weighted by molar-refractivity contribution is -0.123. The Hall–Kier alpha value is -4.13. The molecule has 0 spiro atoms. The van der Waals surface area contributed by atoms with Crippen molar-refractivity contribution < 1.29 is 23.5 Å². The predicted molar refractivity (Wildman–Crippen MR) is 119 cm³/mol. The third-order valence-electron chi connectivity index (χ3n) is 6.82. The topological polar surface area (TPSA) is 80.1 Å². The molecule has 4 heterocycles. The lowest BCUT2D eigenvalue weighted by atomic mass is 9.84. The van der Waals surface area contributed by atoms with Crippen molar-refractivity contribution in [2.75, 3.05) is 12.0 Å². The summed E-state index contributed by atoms with van der Waals surface area (Å²) in [4.78, 5) is 44.1. The quantitative estimate of drug-likeness (QED) is 0.455. The van der Waals surface area contributed by atoms with Crippen molar-refractivity contribution in [1.29, 1.82) is 0 Å². The summed E-state index contributed by atoms with van der Waals surface area (Å²) < 4.78 is 10.6. The average Bonchev–Trinajstić information content (AvgIpc) is 3.55. The van der Waals surface area contributed by atoms with E-state index in [4.69, 9.17) is 9.15 Å². The number of Topliss-reactive ketones (excluding diaryl/α,β-unsaturated/α-hetero) is 1. The van der Waals surface area contributed by atoms with Crippen LogP contribution in [0.4, 0.5) is 5.69 Å². The molecule has 0 N–H and O–H groups in total. The molecule has 2 aromatic carbocycles. The third-order valence-corrected chi connectivity index (χ3v) is 6.82. The van der Waals surface area contributed by atoms with E-state index >= 15 is 0 Å². The smallest absolute Gasteiger partial charge is 0.240 e. The molecule has 33 heavy (non-hydrogen) atoms. The second-order valence-corrected chi connectivity index (χ2v) is 8.38. The van der Waals surface area contributed by atoms with E-state index in [0.29, 0.717) is 11.4 Å². The second kappa shape index (κ2) is 7.20. The van der Waals surface area contributed by atoms with Gasteiger partial charge in [0.1, 0.15) is 11.8 Å². The Bertz CT molecular complexity index is 1290. The Balaban J connectivity index is 1.48. The van der Waals surface area contributed by atoms with Crippen molar-refractivity contribution in [2.45, 2.75) is 12.1 Å². The molecule has 6 rings (SSSR count). The molecule has 1 aromatic heterocycles. The number of amides is 2. The van der Waals surface area contributed by atoms with Crippen molar-refractivity contribution >= 4 is 29.4 Å². The standard InChI is InChI=1S/C26H20N2O5/c1-32-17-10-8-16(9-11-17)28-25(30)20-21(26(28)31)23(24(29)19-7-4-14-33-19)27-13-12-15-5-2-3-6-18(15)22(20)27/h2-14,20-23H,1H3. The van der Waals surface area contributed by atoms with Gasteiger partial charge in [-0.25, -0.2) is 4.90 Å². The molecule has 0 radical (unpaired) electrons. The highest BCUT2D eigenvalue weighted by molar-refractivity contribution is 6.24. The van der Waals surface area contributed by atoms with Crippen molar-refractivity contribution in [3.63, 3.8) is 0 Å². The van der Waals surface area contributed by atoms with Crippen LogP contribution in [0, 0.1) is 11.8 Å². The van der Waals surface area contributed by atoms with E-state index in [1.807, 2.05) is 41.4 Å². The number of ether oxygens (including phenoxy) is 1. The number of carbonyl (C=O) groups is 3. The number of nitrogens with zero attached hydrogens (tertiary/aromatic N) is 2. The van der Waals surface area contributed by atoms with Crippen LogP contribution in [-0.2, 0) is 9.59 Å². The number of hydrogen-bond donors (Lipinski definition) is 0. The number of furan rings is 1. The van der Waals surface area contributed by atoms with E-state index in [2.05, 4.69) is 0 Å². The summed E-state index contributed by atoms with van der Waals surface area (Å²) in [6, 6.07) is 16.5. The Morgan fingerprint density at radius 1 is 0.939 bits per heavy atom. The third kappa shape index (κ3) is 2.72. The van der Waals surface area contributed by atoms with Gasteiger partial charge < -0.3 is 14.1 Å². The molecule has 7 nitrogen and oxygen atoms in total. The van der Waals surface area contributed by atoms with Crippen LogP contribution >= 0.6 is 0 Å². The molecule has 0 aliphatic carbocycles. The zero-order valence-corrected chi connectivity index (χ0v) is 17.8. The molecule has 3 aliphatic rings. The van der Waals surface area contributed by atoms with Crippen LogP contribution in [0.3, 0.4) is 0 Å². The monoisotopic (exact) mass is 440 g/mol. The van der Waals surface area contributed by atoms with Gasteiger partial charge in [0.25, 0.3) is 0 Å². The summed E-state index contributed by atoms with van der Waals surface area (Å²) in [5.41, 5.74) is 2.38. The van der Waals surface area contributed by atoms with Crippen LogP contribution in [0.15, 0.2) is 77.5 Å². The molecule has 2 amide bonds. The maximum Gasteiger partial charge on any atom is 0.240 e. The number of carbonyl (C=O) groups excluding carboxylic acids is 3. The summed E-state index contributed by atoms with van der Waals surface area (Å²) in [5.74, 6) is -1.69. The molecular weight excluding hydrogens is 420 g/mol. The number of methoxy groups -OCH3 is 1. The Morgan fingerprint density at radius 3 is 2.42 bits per heavy atom. The van der Waals surface area contributed by atoms with E-state index in [1.54, 1.807) is 43.5 Å². The van der Waals surface area contributed by atoms with Crippen molar-refractivity contribution in [3.05, 3.63) is 90.0 Å². The fourth-order valence-electron chi connectivity index (χ4n) is 5.41. The first-order chi connectivity index (χ1) is 16.1. The number of anilines is 1. The fourth-order valence-corrected chi connectivity index (χ4v) is 5.41. The van der Waals surface area contributed by atoms with Gasteiger partial charge in [-0.3, -0.25) is 14.4 Å². The highest BCUT2D eigenvalue weighted by Crippen LogP contribution is 2.53. The van der Waals surface area contributed by atoms with E-state index in [1.165, 1.54) is 11.2 Å². The number of rotatable bonds is 4. The molecule has 3 aromatic rings. The lowest BCUT2D eigenvalue weighted by Gasteiger charge is -2.35. The first kappa shape index (κ1) is 19.5. The number of benzene rings is 2. The highest BCUT2D eigenvalue weighted by atomic mass is 16.5. The predicted octanol–water partition coefficient (Wildman–Crippen LogP) is 3.69. The number of hydrogen-bond acceptors (Lipinski definition) is 6. The van der Waals surface area contributed by atoms with Gasteiger partial charge in [0, 0.05) is 6.20 Å². The summed E-state index contributed by atoms with van der Waals surface area (Å²) >= 11 is 0. The summed E-state index contributed by atoms with van der Waals surface area (Å²) in [6.07, 6.45) is 5.18. The minimum absolute atomic E-state index is 0.176. The van der Waals surface area contributed by atoms with Crippen LogP contribution in [0.5, 0.6) is 5.75 Å². The number of ketones is 1. The van der Waals surface area contributed by atoms with Crippen LogP contribution in [0.1, 0.15) is 27.7 Å². The average molecular weight is 440 g/mol. The molecule has 3 aliphatic heterocycles. The van der Waals surface area contributed by atoms with Gasteiger partial charge in [0.05, 0.1) is 36.9 Å². The Labute approximate surface area is 189 Å². The SMILES string of the molecule is COc1ccc(N2C(=O)C3C(C2=O)C2c4ccccc4C=CN2C3C(=O)c2ccco2)cc1. The van der Waals surface area contributed by atoms with Crippen molar-refractivity contribution in [1.82, 2.24) is 4.90 Å². The maximum atomic E-state index is 13.8. The van der Waals surface area contributed by atoms with Gasteiger partial charge in [0.15, 0.2) is 5.76 Å². The van der Waals surface area contributed by atoms with Gasteiger partial charge in [-0.1, -0.05) is 24.3 Å². The van der Waals surface area contributed by atoms with Gasteiger partial charge >= 0.3 is 0 Å². The molecule has 2 fully saturated rings. The normalized spacial score (nSPS) is 25.1. The van der Waals surface area contributed by atoms with Crippen molar-refractivity contribution in [3.8, 4) is 5.75 Å². The molecule has 7 heteroatoms. The first-order valence-electron chi connectivity index (χ1n) is 10.7. The van der Waals surface area contributed by atoms with Crippen LogP contribution in [0.2, 0.25) is 0 Å². The Morgan fingerprint density at radius 2 is 1.70 bits per heavy atom. The molecule has 164 valence electrons. The van der Waals surface area contributed by atoms with Gasteiger partial charge in [-0.05, 0) is 53.6 Å². The zero-order valence-electron chi connectivity index (χ0n) is 17.8. The Kier molecular flexibility index (Phi) is 4.26. The van der Waals surface area contributed by atoms with Crippen LogP contribution < -0.4 is 9.64 Å². The fraction of sp³-hybridized carbons (Fsp3) is 0.192. The maximum absolute atomic E-state index is 13.8. The second-order valence-electron chi connectivity index (χ2n) is 8.38. The van der Waals surface area contributed by atoms with E-state index in [9.17, 15) is 14.4 Å². The molecule has 0 bridgehead atoms. The minimum Gasteiger partial charge on any atom is -0.497 e. The lowest BCUT2D eigenvalue weighted by Crippen LogP contribution is -2.44. The summed E-state index contributed by atoms with van der Waals surface area (Å²) in [6.45, 7) is 0. The van der Waals surface area contributed by atoms with Gasteiger partial charge in [-0.2, -0.15) is 0 Å². The van der Waals surface area contributed by atoms with E-state index in [0.717, 1.165) is 11.1 Å². The molecule has 0 saturated carbocycles. The van der Waals surface area contributed by atoms with Gasteiger partial charge in [-0.15, -0.1) is 0 Å². The number of imide groups is 1. The number of fused-ring (bicyclic) bond motifs is 5. The first-order valence-corrected chi connectivity index (χ1v) is 10.7. The van der Waals surface area contributed by atoms with Crippen LogP contribution in [0.25, 0.3) is 6.08 Å². The highest BCUT2D eigenvalue weighted by Gasteiger charge is 2.64.